The molecule has 4 aromatic rings. The molecule has 2 aromatic heterocycles. The zero-order chi connectivity index (χ0) is 20.4. The van der Waals surface area contributed by atoms with Gasteiger partial charge in [-0.15, -0.1) is 0 Å². The average molecular weight is 381 g/mol. The van der Waals surface area contributed by atoms with Gasteiger partial charge < -0.3 is 0 Å². The minimum Gasteiger partial charge on any atom is -0.198 e. The van der Waals surface area contributed by atoms with Crippen LogP contribution in [-0.4, -0.2) is 0 Å². The Labute approximate surface area is 173 Å². The van der Waals surface area contributed by atoms with Gasteiger partial charge in [0, 0.05) is 35.4 Å². The van der Waals surface area contributed by atoms with E-state index in [4.69, 9.17) is 0 Å². The number of aryl methyl sites for hydroxylation is 2. The summed E-state index contributed by atoms with van der Waals surface area (Å²) in [7, 11) is 4.34. The van der Waals surface area contributed by atoms with E-state index < -0.39 is 0 Å². The van der Waals surface area contributed by atoms with Crippen molar-refractivity contribution in [3.63, 3.8) is 0 Å². The van der Waals surface area contributed by atoms with Crippen molar-refractivity contribution in [2.75, 3.05) is 0 Å². The number of benzene rings is 2. The third-order valence-corrected chi connectivity index (χ3v) is 5.87. The third kappa shape index (κ3) is 3.71. The highest BCUT2D eigenvalue weighted by atomic mass is 15.0. The van der Waals surface area contributed by atoms with E-state index >= 15 is 0 Å². The van der Waals surface area contributed by atoms with Crippen molar-refractivity contribution in [2.24, 2.45) is 14.1 Å². The van der Waals surface area contributed by atoms with Crippen molar-refractivity contribution < 1.29 is 9.13 Å². The van der Waals surface area contributed by atoms with Gasteiger partial charge in [0.1, 0.15) is 20.5 Å². The van der Waals surface area contributed by atoms with Crippen molar-refractivity contribution >= 4 is 0 Å². The van der Waals surface area contributed by atoms with Gasteiger partial charge in [-0.3, -0.25) is 0 Å². The SMILES string of the molecule is Cc1ccccc1-c1cccc(Cc2cccc(-c3ccccc3C)[n+]2C)[n+]1C. The Morgan fingerprint density at radius 3 is 1.34 bits per heavy atom. The molecule has 0 unspecified atom stereocenters. The van der Waals surface area contributed by atoms with Crippen LogP contribution in [-0.2, 0) is 20.5 Å². The minimum atomic E-state index is 0.881. The lowest BCUT2D eigenvalue weighted by molar-refractivity contribution is -0.680. The fraction of sp³-hybridized carbons (Fsp3) is 0.185. The van der Waals surface area contributed by atoms with Crippen molar-refractivity contribution in [3.8, 4) is 22.5 Å². The second kappa shape index (κ2) is 8.00. The molecule has 2 heteroatoms. The van der Waals surface area contributed by atoms with E-state index in [0.29, 0.717) is 0 Å². The number of pyridine rings is 2. The fourth-order valence-corrected chi connectivity index (χ4v) is 4.06. The van der Waals surface area contributed by atoms with E-state index in [0.717, 1.165) is 6.42 Å². The predicted octanol–water partition coefficient (Wildman–Crippen LogP) is 4.88. The van der Waals surface area contributed by atoms with Gasteiger partial charge in [-0.05, 0) is 49.2 Å². The highest BCUT2D eigenvalue weighted by Crippen LogP contribution is 2.22. The van der Waals surface area contributed by atoms with Crippen molar-refractivity contribution in [2.45, 2.75) is 20.3 Å². The molecule has 0 aliphatic rings. The maximum Gasteiger partial charge on any atom is 0.212 e. The molecule has 0 N–H and O–H groups in total. The van der Waals surface area contributed by atoms with E-state index in [2.05, 4.69) is 122 Å². The molecule has 4 rings (SSSR count). The van der Waals surface area contributed by atoms with Crippen LogP contribution in [0.25, 0.3) is 22.5 Å². The van der Waals surface area contributed by atoms with Gasteiger partial charge in [0.2, 0.25) is 11.4 Å². The van der Waals surface area contributed by atoms with Crippen LogP contribution in [0.5, 0.6) is 0 Å². The molecule has 2 aromatic carbocycles. The fourth-order valence-electron chi connectivity index (χ4n) is 4.06. The molecule has 2 nitrogen and oxygen atoms in total. The van der Waals surface area contributed by atoms with E-state index in [-0.39, 0.29) is 0 Å². The van der Waals surface area contributed by atoms with Crippen LogP contribution in [0.3, 0.4) is 0 Å². The average Bonchev–Trinajstić information content (AvgIpc) is 2.72. The zero-order valence-electron chi connectivity index (χ0n) is 17.7. The third-order valence-electron chi connectivity index (χ3n) is 5.87. The summed E-state index contributed by atoms with van der Waals surface area (Å²) in [5.41, 5.74) is 10.3. The smallest absolute Gasteiger partial charge is 0.198 e. The Morgan fingerprint density at radius 1 is 0.517 bits per heavy atom. The summed E-state index contributed by atoms with van der Waals surface area (Å²) in [6.45, 7) is 4.35. The lowest BCUT2D eigenvalue weighted by atomic mass is 10.0. The van der Waals surface area contributed by atoms with Gasteiger partial charge in [-0.1, -0.05) is 36.4 Å². The highest BCUT2D eigenvalue weighted by Gasteiger charge is 2.21. The lowest BCUT2D eigenvalue weighted by Gasteiger charge is -2.09. The topological polar surface area (TPSA) is 7.76 Å². The summed E-state index contributed by atoms with van der Waals surface area (Å²) in [4.78, 5) is 0. The van der Waals surface area contributed by atoms with E-state index in [1.165, 1.54) is 45.0 Å². The first kappa shape index (κ1) is 19.1. The van der Waals surface area contributed by atoms with E-state index in [1.807, 2.05) is 0 Å². The second-order valence-electron chi connectivity index (χ2n) is 7.73. The first-order chi connectivity index (χ1) is 14.1. The summed E-state index contributed by atoms with van der Waals surface area (Å²) in [5, 5.41) is 0. The number of hydrogen-bond acceptors (Lipinski definition) is 0. The molecule has 0 bridgehead atoms. The normalized spacial score (nSPS) is 10.9. The van der Waals surface area contributed by atoms with Crippen LogP contribution in [0.2, 0.25) is 0 Å². The molecule has 2 heterocycles. The number of hydrogen-bond donors (Lipinski definition) is 0. The maximum atomic E-state index is 2.32. The molecule has 0 spiro atoms. The zero-order valence-corrected chi connectivity index (χ0v) is 17.7. The van der Waals surface area contributed by atoms with Crippen LogP contribution in [0.1, 0.15) is 22.5 Å². The monoisotopic (exact) mass is 380 g/mol. The quantitative estimate of drug-likeness (QED) is 0.446. The molecule has 0 saturated heterocycles. The van der Waals surface area contributed by atoms with Crippen LogP contribution < -0.4 is 9.13 Å². The number of nitrogens with zero attached hydrogens (tertiary/aromatic N) is 2. The summed E-state index contributed by atoms with van der Waals surface area (Å²) < 4.78 is 4.64. The van der Waals surface area contributed by atoms with Crippen LogP contribution in [0.15, 0.2) is 84.9 Å². The maximum absolute atomic E-state index is 2.32. The standard InChI is InChI=1S/C27H28N2/c1-20-11-5-7-15-24(20)26-17-9-13-22(28(26)3)19-23-14-10-18-27(29(23)4)25-16-8-6-12-21(25)2/h5-18H,19H2,1-4H3/q+2. The Kier molecular flexibility index (Phi) is 5.26. The molecule has 0 radical (unpaired) electrons. The van der Waals surface area contributed by atoms with Crippen LogP contribution in [0, 0.1) is 13.8 Å². The lowest BCUT2D eigenvalue weighted by Crippen LogP contribution is -2.41. The van der Waals surface area contributed by atoms with Gasteiger partial charge in [0.25, 0.3) is 0 Å². The molecular weight excluding hydrogens is 352 g/mol. The Bertz CT molecular complexity index is 1080. The second-order valence-corrected chi connectivity index (χ2v) is 7.73. The summed E-state index contributed by atoms with van der Waals surface area (Å²) in [6.07, 6.45) is 0.881. The molecule has 0 atom stereocenters. The minimum absolute atomic E-state index is 0.881. The largest absolute Gasteiger partial charge is 0.212 e. The molecule has 0 fully saturated rings. The van der Waals surface area contributed by atoms with Gasteiger partial charge in [-0.25, -0.2) is 0 Å². The summed E-state index contributed by atoms with van der Waals surface area (Å²) in [6, 6.07) is 30.4. The molecular formula is C27H28N2+2. The Morgan fingerprint density at radius 2 is 0.931 bits per heavy atom. The highest BCUT2D eigenvalue weighted by molar-refractivity contribution is 5.61. The first-order valence-electron chi connectivity index (χ1n) is 10.1. The molecule has 29 heavy (non-hydrogen) atoms. The van der Waals surface area contributed by atoms with Crippen LogP contribution >= 0.6 is 0 Å². The number of rotatable bonds is 4. The summed E-state index contributed by atoms with van der Waals surface area (Å²) in [5.74, 6) is 0. The van der Waals surface area contributed by atoms with Gasteiger partial charge >= 0.3 is 0 Å². The van der Waals surface area contributed by atoms with Crippen molar-refractivity contribution in [1.29, 1.82) is 0 Å². The first-order valence-corrected chi connectivity index (χ1v) is 10.1. The Balaban J connectivity index is 1.75. The molecule has 0 aliphatic carbocycles. The predicted molar refractivity (Wildman–Crippen MR) is 118 cm³/mol. The van der Waals surface area contributed by atoms with E-state index in [1.54, 1.807) is 0 Å². The van der Waals surface area contributed by atoms with Crippen molar-refractivity contribution in [1.82, 2.24) is 0 Å². The van der Waals surface area contributed by atoms with Crippen molar-refractivity contribution in [3.05, 3.63) is 107 Å². The summed E-state index contributed by atoms with van der Waals surface area (Å²) >= 11 is 0. The van der Waals surface area contributed by atoms with Crippen LogP contribution in [0.4, 0.5) is 0 Å². The van der Waals surface area contributed by atoms with E-state index in [9.17, 15) is 0 Å². The number of aromatic nitrogens is 2. The van der Waals surface area contributed by atoms with Gasteiger partial charge in [0.05, 0.1) is 0 Å². The molecule has 0 saturated carbocycles. The van der Waals surface area contributed by atoms with Gasteiger partial charge in [0.15, 0.2) is 11.4 Å². The molecule has 144 valence electrons. The molecule has 0 amide bonds. The Hall–Kier alpha value is -3.26. The van der Waals surface area contributed by atoms with Gasteiger partial charge in [-0.2, -0.15) is 9.13 Å². The molecule has 0 aliphatic heterocycles.